The molecule has 6 nitrogen and oxygen atoms in total. The number of amides is 1. The lowest BCUT2D eigenvalue weighted by Crippen LogP contribution is -2.41. The minimum absolute atomic E-state index is 0.0627. The second-order valence-corrected chi connectivity index (χ2v) is 8.39. The summed E-state index contributed by atoms with van der Waals surface area (Å²) in [6.07, 6.45) is 0.718. The van der Waals surface area contributed by atoms with Crippen molar-refractivity contribution in [3.63, 3.8) is 0 Å². The molecule has 4 rings (SSSR count). The zero-order chi connectivity index (χ0) is 18.1. The summed E-state index contributed by atoms with van der Waals surface area (Å²) in [6, 6.07) is 14.5. The van der Waals surface area contributed by atoms with Gasteiger partial charge in [-0.3, -0.25) is 4.79 Å². The van der Waals surface area contributed by atoms with Gasteiger partial charge in [0.15, 0.2) is 0 Å². The Hall–Kier alpha value is -2.22. The number of benzene rings is 2. The number of nitrogens with zero attached hydrogens (tertiary/aromatic N) is 2. The molecule has 0 aliphatic carbocycles. The number of carbonyl (C=O) groups is 1. The number of fused-ring (bicyclic) bond motifs is 1. The molecule has 136 valence electrons. The molecule has 7 heteroatoms. The molecule has 1 saturated heterocycles. The summed E-state index contributed by atoms with van der Waals surface area (Å²) in [7, 11) is -3.56. The highest BCUT2D eigenvalue weighted by Crippen LogP contribution is 2.26. The van der Waals surface area contributed by atoms with Crippen LogP contribution in [-0.2, 0) is 32.5 Å². The molecule has 0 N–H and O–H groups in total. The molecule has 2 aromatic carbocycles. The Morgan fingerprint density at radius 1 is 0.923 bits per heavy atom. The average Bonchev–Trinajstić information content (AvgIpc) is 2.68. The van der Waals surface area contributed by atoms with Crippen LogP contribution >= 0.6 is 0 Å². The summed E-state index contributed by atoms with van der Waals surface area (Å²) < 4.78 is 32.6. The molecular weight excluding hydrogens is 352 g/mol. The van der Waals surface area contributed by atoms with Gasteiger partial charge in [-0.15, -0.1) is 0 Å². The van der Waals surface area contributed by atoms with Crippen LogP contribution in [0.1, 0.15) is 11.1 Å². The lowest BCUT2D eigenvalue weighted by atomic mass is 10.0. The van der Waals surface area contributed by atoms with Crippen molar-refractivity contribution >= 4 is 21.6 Å². The lowest BCUT2D eigenvalue weighted by Gasteiger charge is -2.29. The smallest absolute Gasteiger partial charge is 0.253 e. The molecule has 0 unspecified atom stereocenters. The first-order chi connectivity index (χ1) is 12.6. The summed E-state index contributed by atoms with van der Waals surface area (Å²) in [5, 5.41) is 0. The zero-order valence-electron chi connectivity index (χ0n) is 14.3. The van der Waals surface area contributed by atoms with E-state index in [1.165, 1.54) is 9.87 Å². The monoisotopic (exact) mass is 372 g/mol. The van der Waals surface area contributed by atoms with Gasteiger partial charge in [0.05, 0.1) is 11.5 Å². The SMILES string of the molecule is O=C1COCCN1c1ccc(S(=O)(=O)N2CCc3ccccc3C2)cc1. The van der Waals surface area contributed by atoms with Crippen molar-refractivity contribution in [3.05, 3.63) is 59.7 Å². The highest BCUT2D eigenvalue weighted by Gasteiger charge is 2.28. The number of rotatable bonds is 3. The summed E-state index contributed by atoms with van der Waals surface area (Å²) >= 11 is 0. The fourth-order valence-electron chi connectivity index (χ4n) is 3.41. The van der Waals surface area contributed by atoms with Crippen LogP contribution in [0.3, 0.4) is 0 Å². The lowest BCUT2D eigenvalue weighted by molar-refractivity contribution is -0.125. The Balaban J connectivity index is 1.56. The van der Waals surface area contributed by atoms with Gasteiger partial charge in [-0.25, -0.2) is 8.42 Å². The third-order valence-electron chi connectivity index (χ3n) is 4.87. The van der Waals surface area contributed by atoms with Crippen LogP contribution in [0.25, 0.3) is 0 Å². The number of anilines is 1. The van der Waals surface area contributed by atoms with Crippen molar-refractivity contribution < 1.29 is 17.9 Å². The molecule has 0 radical (unpaired) electrons. The van der Waals surface area contributed by atoms with E-state index >= 15 is 0 Å². The highest BCUT2D eigenvalue weighted by molar-refractivity contribution is 7.89. The topological polar surface area (TPSA) is 66.9 Å². The van der Waals surface area contributed by atoms with E-state index in [1.807, 2.05) is 24.3 Å². The predicted molar refractivity (Wildman–Crippen MR) is 97.4 cm³/mol. The van der Waals surface area contributed by atoms with Gasteiger partial charge in [-0.1, -0.05) is 24.3 Å². The van der Waals surface area contributed by atoms with Gasteiger partial charge < -0.3 is 9.64 Å². The van der Waals surface area contributed by atoms with E-state index in [2.05, 4.69) is 0 Å². The Labute approximate surface area is 153 Å². The molecule has 0 aromatic heterocycles. The quantitative estimate of drug-likeness (QED) is 0.824. The van der Waals surface area contributed by atoms with Gasteiger partial charge in [0.25, 0.3) is 5.91 Å². The molecule has 2 heterocycles. The molecule has 2 aliphatic rings. The van der Waals surface area contributed by atoms with Crippen LogP contribution < -0.4 is 4.90 Å². The number of carbonyl (C=O) groups excluding carboxylic acids is 1. The minimum atomic E-state index is -3.56. The third kappa shape index (κ3) is 3.13. The van der Waals surface area contributed by atoms with E-state index in [4.69, 9.17) is 4.74 Å². The molecule has 0 bridgehead atoms. The number of hydrogen-bond donors (Lipinski definition) is 0. The maximum absolute atomic E-state index is 13.0. The van der Waals surface area contributed by atoms with Crippen LogP contribution in [0, 0.1) is 0 Å². The van der Waals surface area contributed by atoms with Gasteiger partial charge in [-0.05, 0) is 41.8 Å². The van der Waals surface area contributed by atoms with Crippen molar-refractivity contribution in [2.45, 2.75) is 17.9 Å². The molecule has 0 spiro atoms. The summed E-state index contributed by atoms with van der Waals surface area (Å²) in [4.78, 5) is 13.8. The largest absolute Gasteiger partial charge is 0.370 e. The second-order valence-electron chi connectivity index (χ2n) is 6.45. The molecule has 0 atom stereocenters. The van der Waals surface area contributed by atoms with Crippen molar-refractivity contribution in [2.24, 2.45) is 0 Å². The maximum atomic E-state index is 13.0. The van der Waals surface area contributed by atoms with Crippen molar-refractivity contribution in [3.8, 4) is 0 Å². The van der Waals surface area contributed by atoms with Crippen molar-refractivity contribution in [1.82, 2.24) is 4.31 Å². The van der Waals surface area contributed by atoms with E-state index in [0.29, 0.717) is 31.9 Å². The first kappa shape index (κ1) is 17.2. The third-order valence-corrected chi connectivity index (χ3v) is 6.73. The number of ether oxygens (including phenoxy) is 1. The van der Waals surface area contributed by atoms with Gasteiger partial charge in [0, 0.05) is 25.3 Å². The highest BCUT2D eigenvalue weighted by atomic mass is 32.2. The van der Waals surface area contributed by atoms with Crippen LogP contribution in [-0.4, -0.2) is 44.9 Å². The Morgan fingerprint density at radius 3 is 2.38 bits per heavy atom. The Morgan fingerprint density at radius 2 is 1.65 bits per heavy atom. The van der Waals surface area contributed by atoms with Crippen LogP contribution in [0.15, 0.2) is 53.4 Å². The normalized spacial score (nSPS) is 18.6. The first-order valence-corrected chi connectivity index (χ1v) is 10.0. The Kier molecular flexibility index (Phi) is 4.52. The zero-order valence-corrected chi connectivity index (χ0v) is 15.1. The number of sulfonamides is 1. The molecule has 2 aromatic rings. The second kappa shape index (κ2) is 6.83. The summed E-state index contributed by atoms with van der Waals surface area (Å²) in [5.41, 5.74) is 2.96. The summed E-state index contributed by atoms with van der Waals surface area (Å²) in [5.74, 6) is -0.112. The van der Waals surface area contributed by atoms with Gasteiger partial charge >= 0.3 is 0 Å². The van der Waals surface area contributed by atoms with Crippen LogP contribution in [0.5, 0.6) is 0 Å². The molecule has 0 saturated carbocycles. The molecular formula is C19H20N2O4S. The minimum Gasteiger partial charge on any atom is -0.370 e. The van der Waals surface area contributed by atoms with Crippen LogP contribution in [0.2, 0.25) is 0 Å². The average molecular weight is 372 g/mol. The van der Waals surface area contributed by atoms with E-state index in [9.17, 15) is 13.2 Å². The molecule has 1 amide bonds. The van der Waals surface area contributed by atoms with Gasteiger partial charge in [-0.2, -0.15) is 4.31 Å². The van der Waals surface area contributed by atoms with Crippen LogP contribution in [0.4, 0.5) is 5.69 Å². The standard InChI is InChI=1S/C19H20N2O4S/c22-19-14-25-12-11-21(19)17-5-7-18(8-6-17)26(23,24)20-10-9-15-3-1-2-4-16(15)13-20/h1-8H,9-14H2. The van der Waals surface area contributed by atoms with E-state index < -0.39 is 10.0 Å². The van der Waals surface area contributed by atoms with Gasteiger partial charge in [0.1, 0.15) is 6.61 Å². The van der Waals surface area contributed by atoms with Gasteiger partial charge in [0.2, 0.25) is 10.0 Å². The number of morpholine rings is 1. The predicted octanol–water partition coefficient (Wildman–Crippen LogP) is 1.80. The molecule has 1 fully saturated rings. The van der Waals surface area contributed by atoms with Crippen molar-refractivity contribution in [1.29, 1.82) is 0 Å². The fraction of sp³-hybridized carbons (Fsp3) is 0.316. The molecule has 26 heavy (non-hydrogen) atoms. The maximum Gasteiger partial charge on any atom is 0.253 e. The molecule has 2 aliphatic heterocycles. The Bertz CT molecular complexity index is 925. The first-order valence-electron chi connectivity index (χ1n) is 8.61. The van der Waals surface area contributed by atoms with E-state index in [1.54, 1.807) is 29.2 Å². The van der Waals surface area contributed by atoms with E-state index in [-0.39, 0.29) is 17.4 Å². The number of hydrogen-bond acceptors (Lipinski definition) is 4. The van der Waals surface area contributed by atoms with Crippen molar-refractivity contribution in [2.75, 3.05) is 31.2 Å². The van der Waals surface area contributed by atoms with E-state index in [0.717, 1.165) is 12.0 Å². The fourth-order valence-corrected chi connectivity index (χ4v) is 4.83. The summed E-state index contributed by atoms with van der Waals surface area (Å²) in [6.45, 7) is 1.89.